The molecule has 1 aromatic carbocycles. The number of ether oxygens (including phenoxy) is 1. The number of rotatable bonds is 9. The zero-order chi connectivity index (χ0) is 15.5. The van der Waals surface area contributed by atoms with Crippen molar-refractivity contribution < 1.29 is 14.3 Å². The first-order valence-electron chi connectivity index (χ1n) is 7.05. The molecule has 0 aliphatic heterocycles. The van der Waals surface area contributed by atoms with E-state index in [0.29, 0.717) is 25.3 Å². The second-order valence-corrected chi connectivity index (χ2v) is 4.53. The first-order valence-corrected chi connectivity index (χ1v) is 7.05. The van der Waals surface area contributed by atoms with Crippen molar-refractivity contribution in [2.75, 3.05) is 38.7 Å². The minimum Gasteiger partial charge on any atom is -0.383 e. The van der Waals surface area contributed by atoms with Gasteiger partial charge in [0.05, 0.1) is 13.2 Å². The van der Waals surface area contributed by atoms with Gasteiger partial charge in [0, 0.05) is 31.5 Å². The van der Waals surface area contributed by atoms with Gasteiger partial charge >= 0.3 is 0 Å². The van der Waals surface area contributed by atoms with E-state index >= 15 is 0 Å². The molecule has 6 nitrogen and oxygen atoms in total. The van der Waals surface area contributed by atoms with Crippen LogP contribution in [0.4, 0.5) is 5.69 Å². The Morgan fingerprint density at radius 3 is 2.71 bits per heavy atom. The number of benzene rings is 1. The van der Waals surface area contributed by atoms with Crippen molar-refractivity contribution in [1.82, 2.24) is 10.6 Å². The van der Waals surface area contributed by atoms with Crippen LogP contribution in [0, 0.1) is 0 Å². The average Bonchev–Trinajstić information content (AvgIpc) is 2.51. The van der Waals surface area contributed by atoms with E-state index in [1.54, 1.807) is 25.3 Å². The van der Waals surface area contributed by atoms with Gasteiger partial charge in [-0.25, -0.2) is 0 Å². The molecule has 0 heterocycles. The third kappa shape index (κ3) is 6.76. The highest BCUT2D eigenvalue weighted by Crippen LogP contribution is 2.10. The highest BCUT2D eigenvalue weighted by atomic mass is 16.5. The lowest BCUT2D eigenvalue weighted by atomic mass is 10.2. The summed E-state index contributed by atoms with van der Waals surface area (Å²) in [5.41, 5.74) is 1.28. The Morgan fingerprint density at radius 2 is 2.00 bits per heavy atom. The lowest BCUT2D eigenvalue weighted by Crippen LogP contribution is -2.30. The normalized spacial score (nSPS) is 10.0. The summed E-state index contributed by atoms with van der Waals surface area (Å²) in [5, 5.41) is 8.53. The summed E-state index contributed by atoms with van der Waals surface area (Å²) in [7, 11) is 1.58. The third-order valence-corrected chi connectivity index (χ3v) is 2.74. The van der Waals surface area contributed by atoms with Crippen molar-refractivity contribution in [3.63, 3.8) is 0 Å². The van der Waals surface area contributed by atoms with E-state index in [9.17, 15) is 9.59 Å². The molecular weight excluding hydrogens is 270 g/mol. The van der Waals surface area contributed by atoms with Crippen LogP contribution < -0.4 is 16.0 Å². The second kappa shape index (κ2) is 9.77. The quantitative estimate of drug-likeness (QED) is 0.594. The van der Waals surface area contributed by atoms with E-state index in [4.69, 9.17) is 4.74 Å². The van der Waals surface area contributed by atoms with E-state index in [-0.39, 0.29) is 18.4 Å². The zero-order valence-electron chi connectivity index (χ0n) is 12.6. The van der Waals surface area contributed by atoms with Gasteiger partial charge in [-0.1, -0.05) is 13.0 Å². The molecule has 1 rings (SSSR count). The van der Waals surface area contributed by atoms with Crippen molar-refractivity contribution in [2.24, 2.45) is 0 Å². The van der Waals surface area contributed by atoms with Gasteiger partial charge in [-0.3, -0.25) is 9.59 Å². The van der Waals surface area contributed by atoms with Crippen LogP contribution >= 0.6 is 0 Å². The molecule has 0 aliphatic carbocycles. The van der Waals surface area contributed by atoms with Crippen molar-refractivity contribution in [3.8, 4) is 0 Å². The summed E-state index contributed by atoms with van der Waals surface area (Å²) in [5.74, 6) is -0.224. The minimum atomic E-state index is -0.161. The number of carbonyl (C=O) groups is 2. The van der Waals surface area contributed by atoms with Crippen molar-refractivity contribution in [1.29, 1.82) is 0 Å². The Balaban J connectivity index is 2.48. The lowest BCUT2D eigenvalue weighted by molar-refractivity contribution is -0.119. The van der Waals surface area contributed by atoms with E-state index < -0.39 is 0 Å². The topological polar surface area (TPSA) is 79.5 Å². The van der Waals surface area contributed by atoms with Crippen LogP contribution in [-0.4, -0.2) is 45.2 Å². The molecule has 0 saturated carbocycles. The predicted molar refractivity (Wildman–Crippen MR) is 82.4 cm³/mol. The molecule has 116 valence electrons. The monoisotopic (exact) mass is 293 g/mol. The third-order valence-electron chi connectivity index (χ3n) is 2.74. The predicted octanol–water partition coefficient (Wildman–Crippen LogP) is 1.00. The Bertz CT molecular complexity index is 463. The molecule has 0 aromatic heterocycles. The van der Waals surface area contributed by atoms with Gasteiger partial charge < -0.3 is 20.7 Å². The van der Waals surface area contributed by atoms with Crippen molar-refractivity contribution in [2.45, 2.75) is 13.3 Å². The van der Waals surface area contributed by atoms with E-state index in [0.717, 1.165) is 12.1 Å². The molecule has 3 N–H and O–H groups in total. The standard InChI is InChI=1S/C15H23N3O3/c1-3-7-16-14(19)11-18-13-6-4-5-12(10-13)15(20)17-8-9-21-2/h4-6,10,18H,3,7-9,11H2,1-2H3,(H,16,19)(H,17,20). The number of methoxy groups -OCH3 is 1. The van der Waals surface area contributed by atoms with Gasteiger partial charge in [-0.05, 0) is 24.6 Å². The van der Waals surface area contributed by atoms with E-state index in [1.807, 2.05) is 13.0 Å². The lowest BCUT2D eigenvalue weighted by Gasteiger charge is -2.09. The average molecular weight is 293 g/mol. The smallest absolute Gasteiger partial charge is 0.251 e. The Morgan fingerprint density at radius 1 is 1.19 bits per heavy atom. The highest BCUT2D eigenvalue weighted by Gasteiger charge is 2.06. The van der Waals surface area contributed by atoms with Crippen LogP contribution in [-0.2, 0) is 9.53 Å². The van der Waals surface area contributed by atoms with E-state index in [1.165, 1.54) is 0 Å². The second-order valence-electron chi connectivity index (χ2n) is 4.53. The molecule has 0 bridgehead atoms. The molecule has 0 spiro atoms. The number of amides is 2. The van der Waals surface area contributed by atoms with Gasteiger partial charge in [0.15, 0.2) is 0 Å². The SMILES string of the molecule is CCCNC(=O)CNc1cccc(C(=O)NCCOC)c1. The van der Waals surface area contributed by atoms with Gasteiger partial charge in [0.2, 0.25) is 5.91 Å². The molecule has 0 fully saturated rings. The molecule has 21 heavy (non-hydrogen) atoms. The maximum atomic E-state index is 11.9. The molecular formula is C15H23N3O3. The summed E-state index contributed by atoms with van der Waals surface area (Å²) in [6.07, 6.45) is 0.906. The maximum Gasteiger partial charge on any atom is 0.251 e. The number of hydrogen-bond acceptors (Lipinski definition) is 4. The van der Waals surface area contributed by atoms with Crippen LogP contribution in [0.1, 0.15) is 23.7 Å². The Hall–Kier alpha value is -2.08. The fourth-order valence-electron chi connectivity index (χ4n) is 1.65. The van der Waals surface area contributed by atoms with Gasteiger partial charge in [0.1, 0.15) is 0 Å². The summed E-state index contributed by atoms with van der Waals surface area (Å²) in [4.78, 5) is 23.4. The number of hydrogen-bond donors (Lipinski definition) is 3. The Kier molecular flexibility index (Phi) is 7.89. The summed E-state index contributed by atoms with van der Waals surface area (Å²) in [6.45, 7) is 3.80. The molecule has 2 amide bonds. The maximum absolute atomic E-state index is 11.9. The van der Waals surface area contributed by atoms with Crippen molar-refractivity contribution in [3.05, 3.63) is 29.8 Å². The number of carbonyl (C=O) groups excluding carboxylic acids is 2. The first-order chi connectivity index (χ1) is 10.2. The summed E-state index contributed by atoms with van der Waals surface area (Å²) >= 11 is 0. The molecule has 6 heteroatoms. The first kappa shape index (κ1) is 17.0. The van der Waals surface area contributed by atoms with Crippen LogP contribution in [0.2, 0.25) is 0 Å². The molecule has 1 aromatic rings. The van der Waals surface area contributed by atoms with Crippen molar-refractivity contribution >= 4 is 17.5 Å². The molecule has 0 aliphatic rings. The summed E-state index contributed by atoms with van der Waals surface area (Å²) in [6, 6.07) is 7.04. The molecule has 0 radical (unpaired) electrons. The summed E-state index contributed by atoms with van der Waals surface area (Å²) < 4.78 is 4.88. The van der Waals surface area contributed by atoms with Gasteiger partial charge in [-0.2, -0.15) is 0 Å². The highest BCUT2D eigenvalue weighted by molar-refractivity contribution is 5.95. The Labute approximate surface area is 125 Å². The largest absolute Gasteiger partial charge is 0.383 e. The molecule has 0 unspecified atom stereocenters. The number of nitrogens with one attached hydrogen (secondary N) is 3. The van der Waals surface area contributed by atoms with Crippen LogP contribution in [0.15, 0.2) is 24.3 Å². The fraction of sp³-hybridized carbons (Fsp3) is 0.467. The van der Waals surface area contributed by atoms with Crippen LogP contribution in [0.5, 0.6) is 0 Å². The van der Waals surface area contributed by atoms with Gasteiger partial charge in [-0.15, -0.1) is 0 Å². The molecule has 0 saturated heterocycles. The zero-order valence-corrected chi connectivity index (χ0v) is 12.6. The number of anilines is 1. The molecule has 0 atom stereocenters. The van der Waals surface area contributed by atoms with Crippen LogP contribution in [0.3, 0.4) is 0 Å². The fourth-order valence-corrected chi connectivity index (χ4v) is 1.65. The minimum absolute atomic E-state index is 0.0631. The van der Waals surface area contributed by atoms with Gasteiger partial charge in [0.25, 0.3) is 5.91 Å². The van der Waals surface area contributed by atoms with E-state index in [2.05, 4.69) is 16.0 Å². The van der Waals surface area contributed by atoms with Crippen LogP contribution in [0.25, 0.3) is 0 Å².